The molecule has 0 aliphatic carbocycles. The van der Waals surface area contributed by atoms with E-state index >= 15 is 0 Å². The van der Waals surface area contributed by atoms with Gasteiger partial charge in [-0.15, -0.1) is 0 Å². The molecule has 1 aromatic rings. The lowest BCUT2D eigenvalue weighted by Crippen LogP contribution is -2.24. The predicted octanol–water partition coefficient (Wildman–Crippen LogP) is 4.05. The van der Waals surface area contributed by atoms with E-state index in [0.29, 0.717) is 10.6 Å². The summed E-state index contributed by atoms with van der Waals surface area (Å²) < 4.78 is 1.92. The summed E-state index contributed by atoms with van der Waals surface area (Å²) in [7, 11) is 0. The normalized spacial score (nSPS) is 10.2. The minimum absolute atomic E-state index is 0.0668. The number of benzene rings is 1. The Bertz CT molecular complexity index is 373. The number of amides is 1. The summed E-state index contributed by atoms with van der Waals surface area (Å²) in [5, 5.41) is 3.42. The lowest BCUT2D eigenvalue weighted by Gasteiger charge is -2.05. The second-order valence-corrected chi connectivity index (χ2v) is 5.62. The van der Waals surface area contributed by atoms with E-state index in [9.17, 15) is 4.79 Å². The largest absolute Gasteiger partial charge is 0.352 e. The number of halogens is 3. The van der Waals surface area contributed by atoms with E-state index in [1.165, 1.54) is 0 Å². The molecule has 0 aliphatic heterocycles. The average Bonchev–Trinajstić information content (AvgIpc) is 2.28. The Kier molecular flexibility index (Phi) is 6.68. The standard InChI is InChI=1S/C11H12BrClINO/c12-9-4-3-8(7-10(9)13)11(16)15-6-2-1-5-14/h3-4,7H,1-2,5-6H2,(H,15,16). The van der Waals surface area contributed by atoms with E-state index in [1.807, 2.05) is 0 Å². The number of alkyl halides is 1. The van der Waals surface area contributed by atoms with Gasteiger partial charge in [0.05, 0.1) is 5.02 Å². The summed E-state index contributed by atoms with van der Waals surface area (Å²) in [5.74, 6) is -0.0668. The van der Waals surface area contributed by atoms with Gasteiger partial charge in [-0.05, 0) is 51.4 Å². The van der Waals surface area contributed by atoms with Crippen LogP contribution in [0.5, 0.6) is 0 Å². The third-order valence-corrected chi connectivity index (χ3v) is 4.02. The van der Waals surface area contributed by atoms with Gasteiger partial charge in [-0.2, -0.15) is 0 Å². The Morgan fingerprint density at radius 1 is 1.44 bits per heavy atom. The Balaban J connectivity index is 2.50. The van der Waals surface area contributed by atoms with Gasteiger partial charge >= 0.3 is 0 Å². The summed E-state index contributed by atoms with van der Waals surface area (Å²) in [4.78, 5) is 11.7. The highest BCUT2D eigenvalue weighted by Crippen LogP contribution is 2.23. The van der Waals surface area contributed by atoms with Gasteiger partial charge in [-0.1, -0.05) is 34.2 Å². The maximum Gasteiger partial charge on any atom is 0.251 e. The number of hydrogen-bond donors (Lipinski definition) is 1. The second-order valence-electron chi connectivity index (χ2n) is 3.28. The molecule has 1 amide bonds. The number of carbonyl (C=O) groups excluding carboxylic acids is 1. The molecule has 0 bridgehead atoms. The van der Waals surface area contributed by atoms with Crippen molar-refractivity contribution >= 4 is 56.0 Å². The van der Waals surface area contributed by atoms with Crippen molar-refractivity contribution in [1.29, 1.82) is 0 Å². The van der Waals surface area contributed by atoms with Crippen LogP contribution in [-0.2, 0) is 0 Å². The topological polar surface area (TPSA) is 29.1 Å². The van der Waals surface area contributed by atoms with Crippen molar-refractivity contribution in [3.8, 4) is 0 Å². The number of hydrogen-bond acceptors (Lipinski definition) is 1. The van der Waals surface area contributed by atoms with Crippen LogP contribution in [0.25, 0.3) is 0 Å². The third kappa shape index (κ3) is 4.59. The first-order valence-corrected chi connectivity index (χ1v) is 7.64. The number of rotatable bonds is 5. The monoisotopic (exact) mass is 415 g/mol. The van der Waals surface area contributed by atoms with Crippen LogP contribution in [-0.4, -0.2) is 16.9 Å². The maximum atomic E-state index is 11.7. The Morgan fingerprint density at radius 3 is 2.81 bits per heavy atom. The fraction of sp³-hybridized carbons (Fsp3) is 0.364. The third-order valence-electron chi connectivity index (χ3n) is 2.03. The molecule has 1 N–H and O–H groups in total. The fourth-order valence-corrected chi connectivity index (χ4v) is 2.13. The summed E-state index contributed by atoms with van der Waals surface area (Å²) in [6.07, 6.45) is 2.14. The molecule has 0 fully saturated rings. The maximum absolute atomic E-state index is 11.7. The van der Waals surface area contributed by atoms with Crippen molar-refractivity contribution in [3.05, 3.63) is 33.3 Å². The molecule has 2 nitrogen and oxygen atoms in total. The van der Waals surface area contributed by atoms with E-state index in [4.69, 9.17) is 11.6 Å². The quantitative estimate of drug-likeness (QED) is 0.438. The molecule has 0 aromatic heterocycles. The highest BCUT2D eigenvalue weighted by molar-refractivity contribution is 14.1. The van der Waals surface area contributed by atoms with Gasteiger partial charge < -0.3 is 5.32 Å². The van der Waals surface area contributed by atoms with E-state index in [-0.39, 0.29) is 5.91 Å². The lowest BCUT2D eigenvalue weighted by molar-refractivity contribution is 0.0953. The summed E-state index contributed by atoms with van der Waals surface area (Å²) in [6.45, 7) is 0.718. The van der Waals surface area contributed by atoms with Gasteiger partial charge in [0, 0.05) is 16.6 Å². The summed E-state index contributed by atoms with van der Waals surface area (Å²) in [6, 6.07) is 5.20. The SMILES string of the molecule is O=C(NCCCCI)c1ccc(Br)c(Cl)c1. The van der Waals surface area contributed by atoms with Crippen LogP contribution in [0, 0.1) is 0 Å². The minimum atomic E-state index is -0.0668. The van der Waals surface area contributed by atoms with Crippen LogP contribution < -0.4 is 5.32 Å². The van der Waals surface area contributed by atoms with Crippen LogP contribution in [0.3, 0.4) is 0 Å². The first-order chi connectivity index (χ1) is 7.65. The minimum Gasteiger partial charge on any atom is -0.352 e. The number of nitrogens with one attached hydrogen (secondary N) is 1. The lowest BCUT2D eigenvalue weighted by atomic mass is 10.2. The zero-order chi connectivity index (χ0) is 12.0. The molecule has 88 valence electrons. The van der Waals surface area contributed by atoms with Gasteiger partial charge in [0.1, 0.15) is 0 Å². The van der Waals surface area contributed by atoms with E-state index < -0.39 is 0 Å². The smallest absolute Gasteiger partial charge is 0.251 e. The molecular weight excluding hydrogens is 404 g/mol. The van der Waals surface area contributed by atoms with E-state index in [1.54, 1.807) is 18.2 Å². The highest BCUT2D eigenvalue weighted by Gasteiger charge is 2.06. The second kappa shape index (κ2) is 7.50. The fourth-order valence-electron chi connectivity index (χ4n) is 1.16. The van der Waals surface area contributed by atoms with Gasteiger partial charge in [0.15, 0.2) is 0 Å². The van der Waals surface area contributed by atoms with Gasteiger partial charge in [0.2, 0.25) is 0 Å². The molecule has 0 aliphatic rings. The van der Waals surface area contributed by atoms with Gasteiger partial charge in [-0.3, -0.25) is 4.79 Å². The van der Waals surface area contributed by atoms with E-state index in [0.717, 1.165) is 28.3 Å². The van der Waals surface area contributed by atoms with Crippen molar-refractivity contribution in [1.82, 2.24) is 5.32 Å². The van der Waals surface area contributed by atoms with Gasteiger partial charge in [0.25, 0.3) is 5.91 Å². The molecule has 0 unspecified atom stereocenters. The molecule has 1 rings (SSSR count). The molecule has 5 heteroatoms. The molecule has 0 atom stereocenters. The molecular formula is C11H12BrClINO. The van der Waals surface area contributed by atoms with Crippen LogP contribution >= 0.6 is 50.1 Å². The molecule has 0 saturated heterocycles. The first kappa shape index (κ1) is 14.3. The Morgan fingerprint density at radius 2 is 2.19 bits per heavy atom. The molecule has 0 saturated carbocycles. The van der Waals surface area contributed by atoms with Crippen molar-refractivity contribution in [2.24, 2.45) is 0 Å². The number of unbranched alkanes of at least 4 members (excludes halogenated alkanes) is 1. The Hall–Kier alpha value is 0.190. The van der Waals surface area contributed by atoms with Crippen molar-refractivity contribution < 1.29 is 4.79 Å². The van der Waals surface area contributed by atoms with Gasteiger partial charge in [-0.25, -0.2) is 0 Å². The van der Waals surface area contributed by atoms with Crippen molar-refractivity contribution in [2.45, 2.75) is 12.8 Å². The number of carbonyl (C=O) groups is 1. The van der Waals surface area contributed by atoms with Crippen LogP contribution in [0.2, 0.25) is 5.02 Å². The molecule has 0 spiro atoms. The van der Waals surface area contributed by atoms with Crippen molar-refractivity contribution in [2.75, 3.05) is 11.0 Å². The zero-order valence-corrected chi connectivity index (χ0v) is 13.1. The first-order valence-electron chi connectivity index (χ1n) is 4.94. The van der Waals surface area contributed by atoms with Crippen molar-refractivity contribution in [3.63, 3.8) is 0 Å². The van der Waals surface area contributed by atoms with Crippen LogP contribution in [0.4, 0.5) is 0 Å². The summed E-state index contributed by atoms with van der Waals surface area (Å²) in [5.41, 5.74) is 0.600. The van der Waals surface area contributed by atoms with E-state index in [2.05, 4.69) is 43.8 Å². The zero-order valence-electron chi connectivity index (χ0n) is 8.60. The highest BCUT2D eigenvalue weighted by atomic mass is 127. The van der Waals surface area contributed by atoms with Crippen LogP contribution in [0.15, 0.2) is 22.7 Å². The predicted molar refractivity (Wildman–Crippen MR) is 79.6 cm³/mol. The molecule has 16 heavy (non-hydrogen) atoms. The van der Waals surface area contributed by atoms with Crippen LogP contribution in [0.1, 0.15) is 23.2 Å². The molecule has 1 aromatic carbocycles. The molecule has 0 heterocycles. The average molecular weight is 416 g/mol. The Labute approximate surface area is 122 Å². The molecule has 0 radical (unpaired) electrons. The summed E-state index contributed by atoms with van der Waals surface area (Å²) >= 11 is 11.5.